The van der Waals surface area contributed by atoms with Crippen LogP contribution in [0.3, 0.4) is 0 Å². The average molecular weight is 225 g/mol. The van der Waals surface area contributed by atoms with Gasteiger partial charge < -0.3 is 14.6 Å². The summed E-state index contributed by atoms with van der Waals surface area (Å²) < 4.78 is 11.5. The summed E-state index contributed by atoms with van der Waals surface area (Å²) in [7, 11) is -2.20. The highest BCUT2D eigenvalue weighted by atomic mass is 28.4. The molecule has 0 atom stereocenters. The van der Waals surface area contributed by atoms with Crippen LogP contribution in [-0.4, -0.2) is 21.8 Å². The fraction of sp³-hybridized carbons (Fsp3) is 0.455. The number of nitrogens with two attached hydrogens (primary N) is 1. The molecule has 0 aromatic heterocycles. The number of nitrogen functional groups attached to an aromatic ring is 1. The number of hydrogen-bond acceptors (Lipinski definition) is 3. The Morgan fingerprint density at radius 3 is 1.93 bits per heavy atom. The second-order valence-electron chi connectivity index (χ2n) is 3.43. The highest BCUT2D eigenvalue weighted by Crippen LogP contribution is 2.09. The van der Waals surface area contributed by atoms with E-state index < -0.39 is 8.56 Å². The van der Waals surface area contributed by atoms with E-state index in [4.69, 9.17) is 14.6 Å². The van der Waals surface area contributed by atoms with Gasteiger partial charge in [-0.3, -0.25) is 0 Å². The molecule has 0 fully saturated rings. The summed E-state index contributed by atoms with van der Waals surface area (Å²) in [5.74, 6) is 0. The molecule has 2 N–H and O–H groups in total. The molecule has 0 aliphatic heterocycles. The number of anilines is 1. The van der Waals surface area contributed by atoms with Gasteiger partial charge in [-0.1, -0.05) is 12.1 Å². The van der Waals surface area contributed by atoms with Crippen LogP contribution in [0.25, 0.3) is 0 Å². The lowest BCUT2D eigenvalue weighted by Crippen LogP contribution is -2.51. The van der Waals surface area contributed by atoms with Crippen LogP contribution in [-0.2, 0) is 8.85 Å². The van der Waals surface area contributed by atoms with Crippen molar-refractivity contribution in [2.75, 3.05) is 18.9 Å². The van der Waals surface area contributed by atoms with Gasteiger partial charge in [0.2, 0.25) is 0 Å². The Morgan fingerprint density at radius 2 is 1.53 bits per heavy atom. The predicted octanol–water partition coefficient (Wildman–Crippen LogP) is 1.62. The second kappa shape index (κ2) is 5.30. The molecule has 4 heteroatoms. The van der Waals surface area contributed by atoms with E-state index in [0.29, 0.717) is 13.2 Å². The average Bonchev–Trinajstić information content (AvgIpc) is 2.19. The van der Waals surface area contributed by atoms with Gasteiger partial charge in [0.15, 0.2) is 0 Å². The Balaban J connectivity index is 2.92. The summed E-state index contributed by atoms with van der Waals surface area (Å²) in [6.45, 7) is 7.38. The third-order valence-corrected chi connectivity index (χ3v) is 5.34. The maximum Gasteiger partial charge on any atom is 0.369 e. The first-order valence-corrected chi connectivity index (χ1v) is 7.58. The van der Waals surface area contributed by atoms with Gasteiger partial charge in [0, 0.05) is 18.9 Å². The van der Waals surface area contributed by atoms with Crippen LogP contribution in [0.5, 0.6) is 0 Å². The van der Waals surface area contributed by atoms with Gasteiger partial charge in [0.1, 0.15) is 0 Å². The van der Waals surface area contributed by atoms with E-state index in [9.17, 15) is 0 Å². The van der Waals surface area contributed by atoms with Crippen LogP contribution in [0.4, 0.5) is 5.69 Å². The third-order valence-electron chi connectivity index (χ3n) is 2.27. The topological polar surface area (TPSA) is 44.5 Å². The second-order valence-corrected chi connectivity index (χ2v) is 6.48. The fourth-order valence-electron chi connectivity index (χ4n) is 1.55. The molecule has 3 nitrogen and oxygen atoms in total. The van der Waals surface area contributed by atoms with Crippen molar-refractivity contribution in [3.63, 3.8) is 0 Å². The maximum atomic E-state index is 5.77. The van der Waals surface area contributed by atoms with Crippen molar-refractivity contribution >= 4 is 19.4 Å². The Morgan fingerprint density at radius 1 is 1.07 bits per heavy atom. The quantitative estimate of drug-likeness (QED) is 0.612. The molecular formula is C11H19NO2Si. The van der Waals surface area contributed by atoms with Crippen molar-refractivity contribution in [1.29, 1.82) is 0 Å². The van der Waals surface area contributed by atoms with E-state index >= 15 is 0 Å². The predicted molar refractivity (Wildman–Crippen MR) is 65.4 cm³/mol. The van der Waals surface area contributed by atoms with E-state index in [-0.39, 0.29) is 0 Å². The molecule has 0 aliphatic carbocycles. The molecule has 0 aliphatic rings. The summed E-state index contributed by atoms with van der Waals surface area (Å²) >= 11 is 0. The Bertz CT molecular complexity index is 294. The van der Waals surface area contributed by atoms with Crippen molar-refractivity contribution in [3.05, 3.63) is 24.3 Å². The molecular weight excluding hydrogens is 206 g/mol. The van der Waals surface area contributed by atoms with Crippen molar-refractivity contribution in [3.8, 4) is 0 Å². The van der Waals surface area contributed by atoms with Crippen LogP contribution in [0.15, 0.2) is 24.3 Å². The summed E-state index contributed by atoms with van der Waals surface area (Å²) in [5, 5.41) is 1.13. The molecule has 0 bridgehead atoms. The van der Waals surface area contributed by atoms with Gasteiger partial charge in [-0.15, -0.1) is 0 Å². The monoisotopic (exact) mass is 225 g/mol. The number of benzene rings is 1. The van der Waals surface area contributed by atoms with Crippen molar-refractivity contribution in [2.45, 2.75) is 20.4 Å². The minimum absolute atomic E-state index is 0.674. The van der Waals surface area contributed by atoms with E-state index in [1.165, 1.54) is 0 Å². The first kappa shape index (κ1) is 12.2. The normalized spacial score (nSPS) is 11.7. The van der Waals surface area contributed by atoms with Gasteiger partial charge in [0.25, 0.3) is 0 Å². The Kier molecular flexibility index (Phi) is 4.32. The molecule has 0 heterocycles. The summed E-state index contributed by atoms with van der Waals surface area (Å²) in [6, 6.07) is 7.76. The Hall–Kier alpha value is -0.843. The first-order valence-electron chi connectivity index (χ1n) is 5.26. The minimum Gasteiger partial charge on any atom is -0.399 e. The third kappa shape index (κ3) is 3.05. The zero-order chi connectivity index (χ0) is 11.3. The summed E-state index contributed by atoms with van der Waals surface area (Å²) in [6.07, 6.45) is 0. The molecule has 84 valence electrons. The van der Waals surface area contributed by atoms with Crippen LogP contribution in [0, 0.1) is 0 Å². The standard InChI is InChI=1S/C11H19NO2Si/c1-4-13-15(3,14-5-2)11-8-6-10(12)7-9-11/h6-9H,4-5,12H2,1-3H3. The molecule has 1 rings (SSSR count). The van der Waals surface area contributed by atoms with E-state index in [2.05, 4.69) is 6.55 Å². The fourth-order valence-corrected chi connectivity index (χ4v) is 3.84. The minimum atomic E-state index is -2.20. The summed E-state index contributed by atoms with van der Waals surface area (Å²) in [4.78, 5) is 0. The largest absolute Gasteiger partial charge is 0.399 e. The lowest BCUT2D eigenvalue weighted by Gasteiger charge is -2.26. The van der Waals surface area contributed by atoms with Crippen molar-refractivity contribution in [2.24, 2.45) is 0 Å². The van der Waals surface area contributed by atoms with E-state index in [1.807, 2.05) is 38.1 Å². The van der Waals surface area contributed by atoms with Crippen LogP contribution in [0.2, 0.25) is 6.55 Å². The molecule has 1 aromatic carbocycles. The van der Waals surface area contributed by atoms with Crippen molar-refractivity contribution < 1.29 is 8.85 Å². The molecule has 0 amide bonds. The molecule has 15 heavy (non-hydrogen) atoms. The van der Waals surface area contributed by atoms with Gasteiger partial charge in [-0.25, -0.2) is 0 Å². The maximum absolute atomic E-state index is 5.77. The molecule has 0 radical (unpaired) electrons. The van der Waals surface area contributed by atoms with Crippen LogP contribution < -0.4 is 10.9 Å². The van der Waals surface area contributed by atoms with Crippen LogP contribution in [0.1, 0.15) is 13.8 Å². The van der Waals surface area contributed by atoms with Gasteiger partial charge >= 0.3 is 8.56 Å². The van der Waals surface area contributed by atoms with E-state index in [0.717, 1.165) is 10.9 Å². The van der Waals surface area contributed by atoms with Crippen LogP contribution >= 0.6 is 0 Å². The Labute approximate surface area is 92.5 Å². The zero-order valence-corrected chi connectivity index (χ0v) is 10.6. The van der Waals surface area contributed by atoms with E-state index in [1.54, 1.807) is 0 Å². The number of rotatable bonds is 5. The first-order chi connectivity index (χ1) is 7.12. The van der Waals surface area contributed by atoms with Gasteiger partial charge in [0.05, 0.1) is 0 Å². The zero-order valence-electron chi connectivity index (χ0n) is 9.62. The lowest BCUT2D eigenvalue weighted by atomic mass is 10.3. The molecule has 0 spiro atoms. The smallest absolute Gasteiger partial charge is 0.369 e. The number of hydrogen-bond donors (Lipinski definition) is 1. The van der Waals surface area contributed by atoms with Gasteiger partial charge in [-0.05, 0) is 37.7 Å². The molecule has 0 saturated carbocycles. The molecule has 0 saturated heterocycles. The highest BCUT2D eigenvalue weighted by Gasteiger charge is 2.33. The SMILES string of the molecule is CCO[Si](C)(OCC)c1ccc(N)cc1. The lowest BCUT2D eigenvalue weighted by molar-refractivity contribution is 0.202. The van der Waals surface area contributed by atoms with Gasteiger partial charge in [-0.2, -0.15) is 0 Å². The summed E-state index contributed by atoms with van der Waals surface area (Å²) in [5.41, 5.74) is 6.42. The molecule has 1 aromatic rings. The van der Waals surface area contributed by atoms with Crippen molar-refractivity contribution in [1.82, 2.24) is 0 Å². The molecule has 0 unspecified atom stereocenters. The highest BCUT2D eigenvalue weighted by molar-refractivity contribution is 6.79.